The van der Waals surface area contributed by atoms with Gasteiger partial charge in [0.2, 0.25) is 10.0 Å². The zero-order valence-electron chi connectivity index (χ0n) is 10.7. The van der Waals surface area contributed by atoms with Crippen molar-refractivity contribution in [2.24, 2.45) is 0 Å². The minimum absolute atomic E-state index is 0.157. The molecule has 1 saturated carbocycles. The first-order valence-electron chi connectivity index (χ1n) is 6.04. The number of hydrogen-bond donors (Lipinski definition) is 1. The number of nitrogens with one attached hydrogen (secondary N) is 1. The molecule has 0 atom stereocenters. The Morgan fingerprint density at radius 3 is 2.89 bits per heavy atom. The molecule has 1 aliphatic rings. The fourth-order valence-electron chi connectivity index (χ4n) is 1.64. The van der Waals surface area contributed by atoms with Gasteiger partial charge in [0, 0.05) is 25.7 Å². The second-order valence-corrected chi connectivity index (χ2v) is 7.31. The normalized spacial score (nSPS) is 15.9. The summed E-state index contributed by atoms with van der Waals surface area (Å²) in [6.45, 7) is 4.35. The molecule has 5 nitrogen and oxygen atoms in total. The maximum absolute atomic E-state index is 12.3. The molecule has 0 aromatic carbocycles. The van der Waals surface area contributed by atoms with Crippen molar-refractivity contribution < 1.29 is 12.8 Å². The summed E-state index contributed by atoms with van der Waals surface area (Å²) < 4.78 is 31.5. The van der Waals surface area contributed by atoms with E-state index in [9.17, 15) is 8.42 Å². The van der Waals surface area contributed by atoms with Gasteiger partial charge in [-0.15, -0.1) is 6.58 Å². The zero-order chi connectivity index (χ0) is 14.0. The number of hydrogen-bond acceptors (Lipinski definition) is 4. The predicted molar refractivity (Wildman–Crippen MR) is 76.3 cm³/mol. The van der Waals surface area contributed by atoms with Gasteiger partial charge in [-0.25, -0.2) is 8.42 Å². The quantitative estimate of drug-likeness (QED) is 0.766. The molecule has 0 aliphatic heterocycles. The molecule has 2 rings (SSSR count). The molecule has 0 bridgehead atoms. The smallest absolute Gasteiger partial charge is 0.247 e. The zero-order valence-corrected chi connectivity index (χ0v) is 13.1. The van der Waals surface area contributed by atoms with Crippen LogP contribution in [0.5, 0.6) is 0 Å². The molecule has 1 aliphatic carbocycles. The van der Waals surface area contributed by atoms with Gasteiger partial charge in [-0.05, 0) is 28.8 Å². The Morgan fingerprint density at radius 2 is 2.32 bits per heavy atom. The monoisotopic (exact) mass is 348 g/mol. The van der Waals surface area contributed by atoms with E-state index >= 15 is 0 Å². The molecule has 1 heterocycles. The highest BCUT2D eigenvalue weighted by molar-refractivity contribution is 9.10. The minimum Gasteiger partial charge on any atom is -0.452 e. The van der Waals surface area contributed by atoms with Crippen molar-refractivity contribution >= 4 is 26.0 Å². The highest BCUT2D eigenvalue weighted by atomic mass is 79.9. The van der Waals surface area contributed by atoms with Gasteiger partial charge in [-0.1, -0.05) is 6.08 Å². The molecule has 0 amide bonds. The standard InChI is InChI=1S/C12H17BrN2O3S/c1-3-6-15(2)19(16,17)11-7-10(18-12(11)13)8-14-9-4-5-9/h3,7,9,14H,1,4-6,8H2,2H3. The van der Waals surface area contributed by atoms with Crippen LogP contribution in [-0.2, 0) is 16.6 Å². The van der Waals surface area contributed by atoms with Crippen molar-refractivity contribution in [3.05, 3.63) is 29.2 Å². The third-order valence-corrected chi connectivity index (χ3v) is 5.60. The summed E-state index contributed by atoms with van der Waals surface area (Å²) in [5.74, 6) is 0.615. The lowest BCUT2D eigenvalue weighted by Crippen LogP contribution is -2.26. The summed E-state index contributed by atoms with van der Waals surface area (Å²) in [6.07, 6.45) is 3.89. The van der Waals surface area contributed by atoms with Crippen molar-refractivity contribution in [1.29, 1.82) is 0 Å². The fourth-order valence-corrected chi connectivity index (χ4v) is 3.74. The van der Waals surface area contributed by atoms with Crippen LogP contribution in [0.3, 0.4) is 0 Å². The lowest BCUT2D eigenvalue weighted by molar-refractivity contribution is 0.456. The first-order chi connectivity index (χ1) is 8.95. The SMILES string of the molecule is C=CCN(C)S(=O)(=O)c1cc(CNC2CC2)oc1Br. The van der Waals surface area contributed by atoms with E-state index in [-0.39, 0.29) is 16.1 Å². The molecule has 7 heteroatoms. The molecule has 1 fully saturated rings. The molecular formula is C12H17BrN2O3S. The van der Waals surface area contributed by atoms with Crippen molar-refractivity contribution in [3.8, 4) is 0 Å². The van der Waals surface area contributed by atoms with Crippen LogP contribution in [0.4, 0.5) is 0 Å². The predicted octanol–water partition coefficient (Wildman–Crippen LogP) is 2.10. The summed E-state index contributed by atoms with van der Waals surface area (Å²) in [6, 6.07) is 2.11. The minimum atomic E-state index is -3.54. The second-order valence-electron chi connectivity index (χ2n) is 4.58. The average molecular weight is 349 g/mol. The van der Waals surface area contributed by atoms with E-state index in [2.05, 4.69) is 27.8 Å². The molecule has 19 heavy (non-hydrogen) atoms. The van der Waals surface area contributed by atoms with Crippen LogP contribution in [0.15, 0.2) is 32.7 Å². The van der Waals surface area contributed by atoms with E-state index in [0.717, 1.165) is 0 Å². The average Bonchev–Trinajstić information content (AvgIpc) is 3.10. The molecule has 0 saturated heterocycles. The maximum atomic E-state index is 12.3. The fraction of sp³-hybridized carbons (Fsp3) is 0.500. The highest BCUT2D eigenvalue weighted by Gasteiger charge is 2.27. The lowest BCUT2D eigenvalue weighted by Gasteiger charge is -2.13. The first-order valence-corrected chi connectivity index (χ1v) is 8.27. The van der Waals surface area contributed by atoms with Crippen LogP contribution in [0, 0.1) is 0 Å². The highest BCUT2D eigenvalue weighted by Crippen LogP contribution is 2.29. The van der Waals surface area contributed by atoms with E-state index in [1.165, 1.54) is 24.2 Å². The van der Waals surface area contributed by atoms with Crippen LogP contribution in [0.25, 0.3) is 0 Å². The Bertz CT molecular complexity index is 564. The molecule has 1 aromatic heterocycles. The van der Waals surface area contributed by atoms with Gasteiger partial charge in [0.15, 0.2) is 4.67 Å². The van der Waals surface area contributed by atoms with Gasteiger partial charge in [0.1, 0.15) is 10.7 Å². The number of likely N-dealkylation sites (N-methyl/N-ethyl adjacent to an activating group) is 1. The number of sulfonamides is 1. The summed E-state index contributed by atoms with van der Waals surface area (Å²) >= 11 is 3.17. The Hall–Kier alpha value is -0.630. The van der Waals surface area contributed by atoms with Gasteiger partial charge in [0.05, 0.1) is 6.54 Å². The Morgan fingerprint density at radius 1 is 1.63 bits per heavy atom. The molecule has 106 valence electrons. The molecule has 1 aromatic rings. The largest absolute Gasteiger partial charge is 0.452 e. The number of rotatable bonds is 7. The van der Waals surface area contributed by atoms with Gasteiger partial charge < -0.3 is 9.73 Å². The summed E-state index contributed by atoms with van der Waals surface area (Å²) in [5, 5.41) is 3.28. The van der Waals surface area contributed by atoms with E-state index in [4.69, 9.17) is 4.42 Å². The van der Waals surface area contributed by atoms with Crippen LogP contribution < -0.4 is 5.32 Å². The van der Waals surface area contributed by atoms with Gasteiger partial charge in [-0.2, -0.15) is 4.31 Å². The molecule has 0 spiro atoms. The number of halogens is 1. The molecule has 0 unspecified atom stereocenters. The van der Waals surface area contributed by atoms with E-state index < -0.39 is 10.0 Å². The number of nitrogens with zero attached hydrogens (tertiary/aromatic N) is 1. The Labute approximate surface area is 121 Å². The van der Waals surface area contributed by atoms with E-state index in [0.29, 0.717) is 18.3 Å². The molecular weight excluding hydrogens is 332 g/mol. The van der Waals surface area contributed by atoms with Crippen LogP contribution in [0.2, 0.25) is 0 Å². The van der Waals surface area contributed by atoms with Crippen molar-refractivity contribution in [2.45, 2.75) is 30.3 Å². The first kappa shape index (κ1) is 14.8. The van der Waals surface area contributed by atoms with Gasteiger partial charge >= 0.3 is 0 Å². The summed E-state index contributed by atoms with van der Waals surface area (Å²) in [7, 11) is -2.03. The van der Waals surface area contributed by atoms with Crippen molar-refractivity contribution in [3.63, 3.8) is 0 Å². The van der Waals surface area contributed by atoms with E-state index in [1.54, 1.807) is 12.1 Å². The molecule has 1 N–H and O–H groups in total. The number of furan rings is 1. The summed E-state index contributed by atoms with van der Waals surface area (Å²) in [5.41, 5.74) is 0. The second kappa shape index (κ2) is 5.78. The van der Waals surface area contributed by atoms with Crippen LogP contribution >= 0.6 is 15.9 Å². The molecule has 0 radical (unpaired) electrons. The lowest BCUT2D eigenvalue weighted by atomic mass is 10.4. The van der Waals surface area contributed by atoms with E-state index in [1.807, 2.05) is 0 Å². The summed E-state index contributed by atoms with van der Waals surface area (Å²) in [4.78, 5) is 0.157. The Balaban J connectivity index is 2.16. The van der Waals surface area contributed by atoms with Crippen molar-refractivity contribution in [1.82, 2.24) is 9.62 Å². The van der Waals surface area contributed by atoms with Gasteiger partial charge in [-0.3, -0.25) is 0 Å². The Kier molecular flexibility index (Phi) is 4.50. The van der Waals surface area contributed by atoms with Crippen LogP contribution in [0.1, 0.15) is 18.6 Å². The third-order valence-electron chi connectivity index (χ3n) is 2.92. The van der Waals surface area contributed by atoms with Crippen molar-refractivity contribution in [2.75, 3.05) is 13.6 Å². The topological polar surface area (TPSA) is 62.6 Å². The third kappa shape index (κ3) is 3.47. The van der Waals surface area contributed by atoms with Crippen LogP contribution in [-0.4, -0.2) is 32.4 Å². The van der Waals surface area contributed by atoms with Gasteiger partial charge in [0.25, 0.3) is 0 Å². The maximum Gasteiger partial charge on any atom is 0.247 e.